The average Bonchev–Trinajstić information content (AvgIpc) is 3.54. The standard InChI is InChI=1S/C25H23ClF3N5O2S2/c1-24(2,3)11-6-7-12-15(9-11)38-23(17(12)20(30)35)32-22(36)19-18(26)21-31-13(14-5-4-8-37-14)10-16(25(27,28)29)34(21)33-19/h4-5,8,10-11H,6-7,9H2,1-3H3,(H2,30,35)(H,32,36). The van der Waals surface area contributed by atoms with Gasteiger partial charge >= 0.3 is 6.18 Å². The molecule has 7 nitrogen and oxygen atoms in total. The van der Waals surface area contributed by atoms with E-state index in [2.05, 4.69) is 36.2 Å². The molecule has 3 N–H and O–H groups in total. The molecule has 200 valence electrons. The van der Waals surface area contributed by atoms with Crippen molar-refractivity contribution in [2.24, 2.45) is 17.1 Å². The summed E-state index contributed by atoms with van der Waals surface area (Å²) >= 11 is 8.86. The Morgan fingerprint density at radius 1 is 1.26 bits per heavy atom. The van der Waals surface area contributed by atoms with Crippen molar-refractivity contribution < 1.29 is 22.8 Å². The second-order valence-corrected chi connectivity index (χ2v) is 12.7. The number of amides is 2. The number of carbonyl (C=O) groups excluding carboxylic acids is 2. The molecular weight excluding hydrogens is 559 g/mol. The van der Waals surface area contributed by atoms with Gasteiger partial charge in [0.1, 0.15) is 10.0 Å². The number of carbonyl (C=O) groups is 2. The Balaban J connectivity index is 1.55. The van der Waals surface area contributed by atoms with Crippen molar-refractivity contribution in [1.29, 1.82) is 0 Å². The number of alkyl halides is 3. The molecule has 4 aromatic rings. The van der Waals surface area contributed by atoms with Crippen LogP contribution in [0, 0.1) is 11.3 Å². The molecule has 0 saturated carbocycles. The Morgan fingerprint density at radius 2 is 2.00 bits per heavy atom. The quantitative estimate of drug-likeness (QED) is 0.280. The van der Waals surface area contributed by atoms with Crippen LogP contribution in [-0.4, -0.2) is 26.4 Å². The molecule has 0 aromatic carbocycles. The van der Waals surface area contributed by atoms with Gasteiger partial charge in [-0.3, -0.25) is 9.59 Å². The van der Waals surface area contributed by atoms with Gasteiger partial charge in [-0.15, -0.1) is 22.7 Å². The highest BCUT2D eigenvalue weighted by Crippen LogP contribution is 2.44. The summed E-state index contributed by atoms with van der Waals surface area (Å²) in [7, 11) is 0. The molecule has 13 heteroatoms. The number of anilines is 1. The van der Waals surface area contributed by atoms with Crippen molar-refractivity contribution in [1.82, 2.24) is 14.6 Å². The van der Waals surface area contributed by atoms with Gasteiger partial charge in [0.15, 0.2) is 17.0 Å². The van der Waals surface area contributed by atoms with Crippen molar-refractivity contribution in [3.05, 3.63) is 56.0 Å². The minimum atomic E-state index is -4.79. The second kappa shape index (κ2) is 9.35. The first-order chi connectivity index (χ1) is 17.8. The number of aromatic nitrogens is 3. The van der Waals surface area contributed by atoms with E-state index >= 15 is 0 Å². The van der Waals surface area contributed by atoms with Crippen LogP contribution in [0.3, 0.4) is 0 Å². The zero-order valence-electron chi connectivity index (χ0n) is 20.6. The number of nitrogens with zero attached hydrogens (tertiary/aromatic N) is 3. The van der Waals surface area contributed by atoms with Gasteiger partial charge in [0.25, 0.3) is 11.8 Å². The molecule has 2 amide bonds. The number of nitrogens with two attached hydrogens (primary N) is 1. The summed E-state index contributed by atoms with van der Waals surface area (Å²) in [5.74, 6) is -1.16. The highest BCUT2D eigenvalue weighted by molar-refractivity contribution is 7.17. The summed E-state index contributed by atoms with van der Waals surface area (Å²) in [6.45, 7) is 6.48. The fraction of sp³-hybridized carbons (Fsp3) is 0.360. The lowest BCUT2D eigenvalue weighted by molar-refractivity contribution is -0.142. The second-order valence-electron chi connectivity index (χ2n) is 10.2. The van der Waals surface area contributed by atoms with Crippen LogP contribution in [-0.2, 0) is 19.0 Å². The van der Waals surface area contributed by atoms with E-state index in [4.69, 9.17) is 17.3 Å². The summed E-state index contributed by atoms with van der Waals surface area (Å²) in [5.41, 5.74) is 4.96. The fourth-order valence-corrected chi connectivity index (χ4v) is 6.99. The third kappa shape index (κ3) is 4.69. The lowest BCUT2D eigenvalue weighted by Gasteiger charge is -2.33. The van der Waals surface area contributed by atoms with E-state index in [1.165, 1.54) is 22.7 Å². The first-order valence-corrected chi connectivity index (χ1v) is 13.8. The number of fused-ring (bicyclic) bond motifs is 2. The molecule has 1 atom stereocenters. The van der Waals surface area contributed by atoms with Crippen LogP contribution in [0.1, 0.15) is 64.2 Å². The van der Waals surface area contributed by atoms with E-state index in [9.17, 15) is 22.8 Å². The molecule has 0 radical (unpaired) electrons. The lowest BCUT2D eigenvalue weighted by Crippen LogP contribution is -2.27. The Hall–Kier alpha value is -2.96. The van der Waals surface area contributed by atoms with Crippen LogP contribution in [0.5, 0.6) is 0 Å². The zero-order valence-corrected chi connectivity index (χ0v) is 23.0. The number of thiophene rings is 2. The maximum atomic E-state index is 13.9. The highest BCUT2D eigenvalue weighted by atomic mass is 35.5. The molecule has 0 bridgehead atoms. The third-order valence-corrected chi connectivity index (χ3v) is 9.19. The van der Waals surface area contributed by atoms with Crippen LogP contribution >= 0.6 is 34.3 Å². The van der Waals surface area contributed by atoms with Gasteiger partial charge in [-0.05, 0) is 53.7 Å². The van der Waals surface area contributed by atoms with Crippen LogP contribution in [0.25, 0.3) is 16.2 Å². The van der Waals surface area contributed by atoms with E-state index in [-0.39, 0.29) is 32.3 Å². The normalized spacial score (nSPS) is 16.0. The van der Waals surface area contributed by atoms with Crippen molar-refractivity contribution in [2.75, 3.05) is 5.32 Å². The summed E-state index contributed by atoms with van der Waals surface area (Å²) in [6, 6.07) is 4.19. The van der Waals surface area contributed by atoms with Gasteiger partial charge < -0.3 is 11.1 Å². The molecule has 4 heterocycles. The maximum absolute atomic E-state index is 13.9. The number of hydrogen-bond acceptors (Lipinski definition) is 6. The van der Waals surface area contributed by atoms with Gasteiger partial charge in [-0.25, -0.2) is 9.50 Å². The first-order valence-electron chi connectivity index (χ1n) is 11.7. The Morgan fingerprint density at radius 3 is 2.61 bits per heavy atom. The first kappa shape index (κ1) is 26.6. The van der Waals surface area contributed by atoms with E-state index in [1.54, 1.807) is 17.5 Å². The monoisotopic (exact) mass is 581 g/mol. The Labute approximate surface area is 228 Å². The van der Waals surface area contributed by atoms with Gasteiger partial charge in [-0.1, -0.05) is 38.4 Å². The lowest BCUT2D eigenvalue weighted by atomic mass is 9.72. The summed E-state index contributed by atoms with van der Waals surface area (Å²) < 4.78 is 42.3. The molecule has 38 heavy (non-hydrogen) atoms. The largest absolute Gasteiger partial charge is 0.433 e. The predicted octanol–water partition coefficient (Wildman–Crippen LogP) is 6.69. The molecule has 5 rings (SSSR count). The van der Waals surface area contributed by atoms with Gasteiger partial charge in [0.2, 0.25) is 0 Å². The average molecular weight is 582 g/mol. The Kier molecular flexibility index (Phi) is 6.56. The zero-order chi connectivity index (χ0) is 27.6. The number of primary amides is 1. The smallest absolute Gasteiger partial charge is 0.365 e. The van der Waals surface area contributed by atoms with Gasteiger partial charge in [0.05, 0.1) is 16.1 Å². The number of nitrogens with one attached hydrogen (secondary N) is 1. The van der Waals surface area contributed by atoms with Crippen molar-refractivity contribution in [3.8, 4) is 10.6 Å². The van der Waals surface area contributed by atoms with Gasteiger partial charge in [-0.2, -0.15) is 18.3 Å². The Bertz CT molecular complexity index is 1570. The van der Waals surface area contributed by atoms with Crippen LogP contribution in [0.4, 0.5) is 18.2 Å². The summed E-state index contributed by atoms with van der Waals surface area (Å²) in [4.78, 5) is 31.4. The van der Waals surface area contributed by atoms with Crippen LogP contribution in [0.15, 0.2) is 23.6 Å². The van der Waals surface area contributed by atoms with Crippen molar-refractivity contribution in [3.63, 3.8) is 0 Å². The molecule has 0 saturated heterocycles. The third-order valence-electron chi connectivity index (χ3n) is 6.78. The molecule has 1 aliphatic rings. The molecule has 1 aliphatic carbocycles. The minimum absolute atomic E-state index is 0.0592. The summed E-state index contributed by atoms with van der Waals surface area (Å²) in [6.07, 6.45) is -2.54. The van der Waals surface area contributed by atoms with Crippen LogP contribution < -0.4 is 11.1 Å². The van der Waals surface area contributed by atoms with E-state index in [0.29, 0.717) is 21.7 Å². The summed E-state index contributed by atoms with van der Waals surface area (Å²) in [5, 5.41) is 8.13. The maximum Gasteiger partial charge on any atom is 0.433 e. The van der Waals surface area contributed by atoms with Crippen LogP contribution in [0.2, 0.25) is 5.02 Å². The molecule has 0 spiro atoms. The number of halogens is 4. The molecule has 0 aliphatic heterocycles. The molecular formula is C25H23ClF3N5O2S2. The SMILES string of the molecule is CC(C)(C)C1CCc2c(sc(NC(=O)c3nn4c(C(F)(F)F)cc(-c5cccs5)nc4c3Cl)c2C(N)=O)C1. The molecule has 4 aromatic heterocycles. The van der Waals surface area contributed by atoms with E-state index in [1.807, 2.05) is 0 Å². The van der Waals surface area contributed by atoms with E-state index in [0.717, 1.165) is 29.3 Å². The minimum Gasteiger partial charge on any atom is -0.365 e. The molecule has 0 fully saturated rings. The van der Waals surface area contributed by atoms with E-state index < -0.39 is 29.4 Å². The number of hydrogen-bond donors (Lipinski definition) is 2. The highest BCUT2D eigenvalue weighted by Gasteiger charge is 2.38. The fourth-order valence-electron chi connectivity index (χ4n) is 4.73. The topological polar surface area (TPSA) is 102 Å². The predicted molar refractivity (Wildman–Crippen MR) is 142 cm³/mol. The van der Waals surface area contributed by atoms with Gasteiger partial charge in [0, 0.05) is 4.88 Å². The molecule has 1 unspecified atom stereocenters. The van der Waals surface area contributed by atoms with Crippen molar-refractivity contribution >= 4 is 56.7 Å². The van der Waals surface area contributed by atoms with Crippen molar-refractivity contribution in [2.45, 2.75) is 46.2 Å². The number of rotatable bonds is 4.